The van der Waals surface area contributed by atoms with Crippen LogP contribution >= 0.6 is 12.2 Å². The molecule has 0 radical (unpaired) electrons. The predicted octanol–water partition coefficient (Wildman–Crippen LogP) is 3.02. The third kappa shape index (κ3) is 2.84. The average Bonchev–Trinajstić information content (AvgIpc) is 2.36. The van der Waals surface area contributed by atoms with Gasteiger partial charge in [-0.3, -0.25) is 4.98 Å². The number of aryl methyl sites for hydroxylation is 1. The molecule has 4 heteroatoms. The maximum absolute atomic E-state index is 5.22. The lowest BCUT2D eigenvalue weighted by Gasteiger charge is -2.12. The van der Waals surface area contributed by atoms with Gasteiger partial charge in [0.2, 0.25) is 0 Å². The molecule has 0 saturated heterocycles. The van der Waals surface area contributed by atoms with E-state index in [1.807, 2.05) is 37.3 Å². The van der Waals surface area contributed by atoms with Gasteiger partial charge in [0.1, 0.15) is 0 Å². The number of fused-ring (bicyclic) bond motifs is 1. The van der Waals surface area contributed by atoms with Crippen molar-refractivity contribution in [3.05, 3.63) is 48.7 Å². The van der Waals surface area contributed by atoms with E-state index in [0.717, 1.165) is 22.3 Å². The number of hydrogen-bond donors (Lipinski definition) is 2. The average molecular weight is 257 g/mol. The lowest BCUT2D eigenvalue weighted by molar-refractivity contribution is 1.06. The highest BCUT2D eigenvalue weighted by Gasteiger charge is 2.04. The summed E-state index contributed by atoms with van der Waals surface area (Å²) in [4.78, 5) is 4.49. The highest BCUT2D eigenvalue weighted by Crippen LogP contribution is 2.22. The molecule has 2 rings (SSSR count). The Bertz CT molecular complexity index is 593. The molecule has 0 aliphatic heterocycles. The molecule has 92 valence electrons. The predicted molar refractivity (Wildman–Crippen MR) is 80.9 cm³/mol. The van der Waals surface area contributed by atoms with E-state index in [4.69, 9.17) is 12.2 Å². The molecule has 0 fully saturated rings. The first-order valence-corrected chi connectivity index (χ1v) is 6.13. The van der Waals surface area contributed by atoms with Crippen LogP contribution in [0.15, 0.2) is 43.0 Å². The Labute approximate surface area is 112 Å². The van der Waals surface area contributed by atoms with Crippen LogP contribution in [0, 0.1) is 6.92 Å². The number of nitrogens with one attached hydrogen (secondary N) is 2. The topological polar surface area (TPSA) is 37.0 Å². The minimum atomic E-state index is 0.589. The summed E-state index contributed by atoms with van der Waals surface area (Å²) in [6.45, 7) is 6.26. The Morgan fingerprint density at radius 3 is 3.00 bits per heavy atom. The van der Waals surface area contributed by atoms with Gasteiger partial charge < -0.3 is 10.6 Å². The van der Waals surface area contributed by atoms with Gasteiger partial charge in [-0.2, -0.15) is 0 Å². The second kappa shape index (κ2) is 5.60. The fraction of sp³-hybridized carbons (Fsp3) is 0.143. The van der Waals surface area contributed by atoms with Crippen LogP contribution < -0.4 is 10.6 Å². The van der Waals surface area contributed by atoms with Crippen molar-refractivity contribution in [1.29, 1.82) is 0 Å². The zero-order valence-corrected chi connectivity index (χ0v) is 11.1. The standard InChI is InChI=1S/C14H15N3S/c1-3-8-15-14(18)17-13-9-10(2)16-12-7-5-4-6-11(12)13/h3-7,9H,1,8H2,2H3,(H2,15,16,17,18). The van der Waals surface area contributed by atoms with Crippen LogP contribution in [0.3, 0.4) is 0 Å². The second-order valence-electron chi connectivity index (χ2n) is 3.95. The van der Waals surface area contributed by atoms with Gasteiger partial charge in [0.25, 0.3) is 0 Å². The van der Waals surface area contributed by atoms with Crippen LogP contribution in [-0.4, -0.2) is 16.6 Å². The summed E-state index contributed by atoms with van der Waals surface area (Å²) in [6, 6.07) is 9.98. The van der Waals surface area contributed by atoms with Crippen molar-refractivity contribution < 1.29 is 0 Å². The molecule has 18 heavy (non-hydrogen) atoms. The Balaban J connectivity index is 2.32. The van der Waals surface area contributed by atoms with Crippen molar-refractivity contribution in [2.24, 2.45) is 0 Å². The number of para-hydroxylation sites is 1. The quantitative estimate of drug-likeness (QED) is 0.654. The minimum Gasteiger partial charge on any atom is -0.359 e. The lowest BCUT2D eigenvalue weighted by atomic mass is 10.1. The molecule has 0 aliphatic rings. The largest absolute Gasteiger partial charge is 0.359 e. The van der Waals surface area contributed by atoms with E-state index in [-0.39, 0.29) is 0 Å². The summed E-state index contributed by atoms with van der Waals surface area (Å²) in [7, 11) is 0. The fourth-order valence-corrected chi connectivity index (χ4v) is 1.94. The smallest absolute Gasteiger partial charge is 0.171 e. The maximum atomic E-state index is 5.22. The normalized spacial score (nSPS) is 10.1. The highest BCUT2D eigenvalue weighted by molar-refractivity contribution is 7.80. The molecule has 2 aromatic rings. The van der Waals surface area contributed by atoms with Crippen molar-refractivity contribution in [1.82, 2.24) is 10.3 Å². The van der Waals surface area contributed by atoms with Gasteiger partial charge >= 0.3 is 0 Å². The van der Waals surface area contributed by atoms with E-state index in [1.165, 1.54) is 0 Å². The third-order valence-corrected chi connectivity index (χ3v) is 2.75. The zero-order chi connectivity index (χ0) is 13.0. The number of nitrogens with zero attached hydrogens (tertiary/aromatic N) is 1. The van der Waals surface area contributed by atoms with Crippen LogP contribution in [0.1, 0.15) is 5.69 Å². The summed E-state index contributed by atoms with van der Waals surface area (Å²) in [5.41, 5.74) is 2.90. The molecule has 0 amide bonds. The van der Waals surface area contributed by atoms with Crippen molar-refractivity contribution in [2.45, 2.75) is 6.92 Å². The number of thiocarbonyl (C=S) groups is 1. The molecule has 0 spiro atoms. The Morgan fingerprint density at radius 1 is 1.44 bits per heavy atom. The van der Waals surface area contributed by atoms with E-state index in [9.17, 15) is 0 Å². The molecule has 1 aromatic carbocycles. The van der Waals surface area contributed by atoms with Gasteiger partial charge in [-0.05, 0) is 31.3 Å². The van der Waals surface area contributed by atoms with Gasteiger partial charge in [-0.25, -0.2) is 0 Å². The maximum Gasteiger partial charge on any atom is 0.171 e. The summed E-state index contributed by atoms with van der Waals surface area (Å²) in [6.07, 6.45) is 1.77. The van der Waals surface area contributed by atoms with Crippen LogP contribution in [0.5, 0.6) is 0 Å². The number of pyridine rings is 1. The van der Waals surface area contributed by atoms with E-state index in [2.05, 4.69) is 22.2 Å². The van der Waals surface area contributed by atoms with Gasteiger partial charge in [0.05, 0.1) is 11.2 Å². The first-order valence-electron chi connectivity index (χ1n) is 5.73. The number of hydrogen-bond acceptors (Lipinski definition) is 2. The van der Waals surface area contributed by atoms with Crippen LogP contribution in [-0.2, 0) is 0 Å². The summed E-state index contributed by atoms with van der Waals surface area (Å²) in [5, 5.41) is 7.89. The Hall–Kier alpha value is -1.94. The van der Waals surface area contributed by atoms with Crippen molar-refractivity contribution >= 4 is 33.9 Å². The molecule has 1 heterocycles. The minimum absolute atomic E-state index is 0.589. The molecule has 3 nitrogen and oxygen atoms in total. The van der Waals surface area contributed by atoms with Crippen molar-refractivity contribution in [3.63, 3.8) is 0 Å². The Kier molecular flexibility index (Phi) is 3.89. The zero-order valence-electron chi connectivity index (χ0n) is 10.2. The third-order valence-electron chi connectivity index (χ3n) is 2.50. The summed E-state index contributed by atoms with van der Waals surface area (Å²) >= 11 is 5.22. The van der Waals surface area contributed by atoms with E-state index in [1.54, 1.807) is 6.08 Å². The first kappa shape index (κ1) is 12.5. The van der Waals surface area contributed by atoms with Crippen LogP contribution in [0.2, 0.25) is 0 Å². The molecule has 0 atom stereocenters. The molecule has 0 unspecified atom stereocenters. The molecule has 2 N–H and O–H groups in total. The van der Waals surface area contributed by atoms with Crippen molar-refractivity contribution in [2.75, 3.05) is 11.9 Å². The van der Waals surface area contributed by atoms with Gasteiger partial charge in [0.15, 0.2) is 5.11 Å². The van der Waals surface area contributed by atoms with Crippen LogP contribution in [0.4, 0.5) is 5.69 Å². The monoisotopic (exact) mass is 257 g/mol. The van der Waals surface area contributed by atoms with Gasteiger partial charge in [0, 0.05) is 17.6 Å². The van der Waals surface area contributed by atoms with E-state index < -0.39 is 0 Å². The van der Waals surface area contributed by atoms with Crippen molar-refractivity contribution in [3.8, 4) is 0 Å². The lowest BCUT2D eigenvalue weighted by Crippen LogP contribution is -2.28. The van der Waals surface area contributed by atoms with E-state index >= 15 is 0 Å². The highest BCUT2D eigenvalue weighted by atomic mass is 32.1. The molecular weight excluding hydrogens is 242 g/mol. The molecule has 0 bridgehead atoms. The second-order valence-corrected chi connectivity index (χ2v) is 4.36. The fourth-order valence-electron chi connectivity index (χ4n) is 1.74. The number of rotatable bonds is 3. The molecule has 0 aliphatic carbocycles. The van der Waals surface area contributed by atoms with E-state index in [0.29, 0.717) is 11.7 Å². The van der Waals surface area contributed by atoms with Crippen LogP contribution in [0.25, 0.3) is 10.9 Å². The molecule has 0 saturated carbocycles. The Morgan fingerprint density at radius 2 is 2.22 bits per heavy atom. The van der Waals surface area contributed by atoms with Gasteiger partial charge in [-0.1, -0.05) is 24.3 Å². The molecular formula is C14H15N3S. The number of anilines is 1. The molecule has 1 aromatic heterocycles. The summed E-state index contributed by atoms with van der Waals surface area (Å²) in [5.74, 6) is 0. The number of benzene rings is 1. The summed E-state index contributed by atoms with van der Waals surface area (Å²) < 4.78 is 0. The first-order chi connectivity index (χ1) is 8.70. The number of aromatic nitrogens is 1. The van der Waals surface area contributed by atoms with Gasteiger partial charge in [-0.15, -0.1) is 6.58 Å². The SMILES string of the molecule is C=CCNC(=S)Nc1cc(C)nc2ccccc12.